The van der Waals surface area contributed by atoms with Gasteiger partial charge in [-0.1, -0.05) is 24.3 Å². The summed E-state index contributed by atoms with van der Waals surface area (Å²) in [4.78, 5) is 25.7. The molecule has 0 unspecified atom stereocenters. The van der Waals surface area contributed by atoms with E-state index in [1.54, 1.807) is 30.3 Å². The topological polar surface area (TPSA) is 113 Å². The van der Waals surface area contributed by atoms with Gasteiger partial charge in [0.25, 0.3) is 0 Å². The number of nitrogen functional groups attached to an aromatic ring is 1. The second-order valence-electron chi connectivity index (χ2n) is 10.5. The van der Waals surface area contributed by atoms with E-state index in [1.807, 2.05) is 27.7 Å². The van der Waals surface area contributed by atoms with Crippen LogP contribution in [0.15, 0.2) is 67.0 Å². The number of nitriles is 1. The molecule has 208 valence electrons. The van der Waals surface area contributed by atoms with Gasteiger partial charge < -0.3 is 19.9 Å². The molecule has 0 spiro atoms. The Balaban J connectivity index is 1.28. The van der Waals surface area contributed by atoms with Crippen molar-refractivity contribution in [3.63, 3.8) is 0 Å². The van der Waals surface area contributed by atoms with E-state index in [0.717, 1.165) is 12.1 Å². The fourth-order valence-electron chi connectivity index (χ4n) is 5.50. The number of hydrogen-bond acceptors (Lipinski definition) is 7. The SMILES string of the molecule is CN(CC=CC(=O)N1CC[C@@H](n2c(C#N)c(-c3ccc(Oc4cccc(F)c4)cc3)c3c(N)ncnc32)C1)C1CC1. The van der Waals surface area contributed by atoms with Gasteiger partial charge in [-0.15, -0.1) is 0 Å². The summed E-state index contributed by atoms with van der Waals surface area (Å²) in [5, 5.41) is 11.0. The maximum Gasteiger partial charge on any atom is 0.246 e. The summed E-state index contributed by atoms with van der Waals surface area (Å²) in [6, 6.07) is 16.0. The number of carbonyl (C=O) groups is 1. The number of benzene rings is 2. The summed E-state index contributed by atoms with van der Waals surface area (Å²) in [6.45, 7) is 1.79. The van der Waals surface area contributed by atoms with Crippen molar-refractivity contribution < 1.29 is 13.9 Å². The molecule has 1 aliphatic carbocycles. The second kappa shape index (κ2) is 11.0. The highest BCUT2D eigenvalue weighted by atomic mass is 19.1. The lowest BCUT2D eigenvalue weighted by atomic mass is 10.0. The summed E-state index contributed by atoms with van der Waals surface area (Å²) >= 11 is 0. The Morgan fingerprint density at radius 2 is 2.00 bits per heavy atom. The van der Waals surface area contributed by atoms with Crippen LogP contribution in [0.3, 0.4) is 0 Å². The van der Waals surface area contributed by atoms with Crippen molar-refractivity contribution in [3.05, 3.63) is 78.5 Å². The van der Waals surface area contributed by atoms with Crippen LogP contribution in [0.5, 0.6) is 11.5 Å². The van der Waals surface area contributed by atoms with Gasteiger partial charge in [0.2, 0.25) is 5.91 Å². The van der Waals surface area contributed by atoms with Crippen molar-refractivity contribution in [2.75, 3.05) is 32.4 Å². The molecule has 0 bridgehead atoms. The Hall–Kier alpha value is -4.75. The molecule has 9 nitrogen and oxygen atoms in total. The Kier molecular flexibility index (Phi) is 7.12. The summed E-state index contributed by atoms with van der Waals surface area (Å²) < 4.78 is 21.3. The summed E-state index contributed by atoms with van der Waals surface area (Å²) in [5.74, 6) is 0.760. The zero-order valence-electron chi connectivity index (χ0n) is 22.7. The van der Waals surface area contributed by atoms with Crippen LogP contribution < -0.4 is 10.5 Å². The van der Waals surface area contributed by atoms with E-state index in [-0.39, 0.29) is 23.6 Å². The Bertz CT molecular complexity index is 1670. The third-order valence-corrected chi connectivity index (χ3v) is 7.76. The lowest BCUT2D eigenvalue weighted by Crippen LogP contribution is -2.28. The van der Waals surface area contributed by atoms with Crippen molar-refractivity contribution in [2.24, 2.45) is 0 Å². The van der Waals surface area contributed by atoms with Crippen LogP contribution >= 0.6 is 0 Å². The second-order valence-corrected chi connectivity index (χ2v) is 10.5. The average Bonchev–Trinajstić information content (AvgIpc) is 3.61. The summed E-state index contributed by atoms with van der Waals surface area (Å²) in [7, 11) is 2.08. The lowest BCUT2D eigenvalue weighted by molar-refractivity contribution is -0.125. The molecule has 2 fully saturated rings. The number of likely N-dealkylation sites (N-methyl/N-ethyl adjacent to an activating group) is 1. The molecule has 1 aliphatic heterocycles. The first-order valence-corrected chi connectivity index (χ1v) is 13.7. The van der Waals surface area contributed by atoms with Gasteiger partial charge in [-0.05, 0) is 56.1 Å². The van der Waals surface area contributed by atoms with Gasteiger partial charge in [0.15, 0.2) is 0 Å². The molecule has 1 amide bonds. The van der Waals surface area contributed by atoms with Crippen LogP contribution in [0.1, 0.15) is 31.0 Å². The number of halogens is 1. The van der Waals surface area contributed by atoms with E-state index < -0.39 is 0 Å². The van der Waals surface area contributed by atoms with Crippen LogP contribution in [-0.4, -0.2) is 63.0 Å². The smallest absolute Gasteiger partial charge is 0.246 e. The molecule has 1 saturated carbocycles. The minimum Gasteiger partial charge on any atom is -0.457 e. The first-order valence-electron chi connectivity index (χ1n) is 13.7. The van der Waals surface area contributed by atoms with Crippen molar-refractivity contribution >= 4 is 22.8 Å². The number of nitrogens with zero attached hydrogens (tertiary/aromatic N) is 6. The predicted octanol–water partition coefficient (Wildman–Crippen LogP) is 4.91. The minimum atomic E-state index is -0.384. The van der Waals surface area contributed by atoms with Crippen molar-refractivity contribution in [3.8, 4) is 28.7 Å². The fourth-order valence-corrected chi connectivity index (χ4v) is 5.50. The molecule has 10 heteroatoms. The number of amides is 1. The van der Waals surface area contributed by atoms with Gasteiger partial charge in [-0.3, -0.25) is 9.69 Å². The Morgan fingerprint density at radius 3 is 2.73 bits per heavy atom. The summed E-state index contributed by atoms with van der Waals surface area (Å²) in [6.07, 6.45) is 8.10. The van der Waals surface area contributed by atoms with Gasteiger partial charge in [0.05, 0.1) is 11.4 Å². The normalized spacial score (nSPS) is 17.0. The van der Waals surface area contributed by atoms with E-state index in [0.29, 0.717) is 59.3 Å². The van der Waals surface area contributed by atoms with E-state index >= 15 is 0 Å². The molecule has 2 aromatic carbocycles. The van der Waals surface area contributed by atoms with Crippen LogP contribution in [0.2, 0.25) is 0 Å². The van der Waals surface area contributed by atoms with Crippen LogP contribution in [0.25, 0.3) is 22.2 Å². The monoisotopic (exact) mass is 551 g/mol. The number of nitrogens with two attached hydrogens (primary N) is 1. The van der Waals surface area contributed by atoms with Crippen LogP contribution in [-0.2, 0) is 4.79 Å². The molecular weight excluding hydrogens is 521 g/mol. The number of aromatic nitrogens is 3. The third-order valence-electron chi connectivity index (χ3n) is 7.76. The molecule has 2 aromatic heterocycles. The molecule has 3 heterocycles. The third kappa shape index (κ3) is 5.36. The van der Waals surface area contributed by atoms with Gasteiger partial charge >= 0.3 is 0 Å². The van der Waals surface area contributed by atoms with Crippen molar-refractivity contribution in [2.45, 2.75) is 31.3 Å². The molecule has 0 radical (unpaired) electrons. The first-order chi connectivity index (χ1) is 19.9. The largest absolute Gasteiger partial charge is 0.457 e. The number of rotatable bonds is 8. The first kappa shape index (κ1) is 26.5. The van der Waals surface area contributed by atoms with Gasteiger partial charge in [-0.25, -0.2) is 14.4 Å². The van der Waals surface area contributed by atoms with E-state index in [1.165, 1.54) is 31.3 Å². The maximum atomic E-state index is 13.6. The van der Waals surface area contributed by atoms with Crippen LogP contribution in [0, 0.1) is 17.1 Å². The molecular formula is C31H30FN7O2. The fraction of sp³-hybridized carbons (Fsp3) is 0.290. The highest BCUT2D eigenvalue weighted by Crippen LogP contribution is 2.40. The zero-order valence-corrected chi connectivity index (χ0v) is 22.7. The molecule has 1 saturated heterocycles. The Morgan fingerprint density at radius 1 is 1.20 bits per heavy atom. The standard InChI is InChI=1S/C31H30FN7O2/c1-37(22-9-10-22)14-3-6-27(40)38-15-13-23(18-38)39-26(17-33)28(29-30(34)35-19-36-31(29)39)20-7-11-24(12-8-20)41-25-5-2-4-21(32)16-25/h2-8,11-12,16,19,22-23H,9-10,13-15,18H2,1H3,(H2,34,35,36)/t23-/m1/s1. The molecule has 41 heavy (non-hydrogen) atoms. The number of hydrogen-bond donors (Lipinski definition) is 1. The number of likely N-dealkylation sites (tertiary alicyclic amines) is 1. The highest BCUT2D eigenvalue weighted by Gasteiger charge is 2.32. The molecule has 4 aromatic rings. The van der Waals surface area contributed by atoms with Gasteiger partial charge in [0, 0.05) is 43.4 Å². The highest BCUT2D eigenvalue weighted by molar-refractivity contribution is 6.03. The quantitative estimate of drug-likeness (QED) is 0.310. The molecule has 2 N–H and O–H groups in total. The van der Waals surface area contributed by atoms with E-state index in [4.69, 9.17) is 10.5 Å². The molecule has 1 atom stereocenters. The number of anilines is 1. The van der Waals surface area contributed by atoms with Crippen molar-refractivity contribution in [1.82, 2.24) is 24.3 Å². The Labute approximate surface area is 237 Å². The summed E-state index contributed by atoms with van der Waals surface area (Å²) in [5.41, 5.74) is 8.69. The predicted molar refractivity (Wildman–Crippen MR) is 154 cm³/mol. The maximum absolute atomic E-state index is 13.6. The zero-order chi connectivity index (χ0) is 28.5. The van der Waals surface area contributed by atoms with Crippen LogP contribution in [0.4, 0.5) is 10.2 Å². The average molecular weight is 552 g/mol. The number of fused-ring (bicyclic) bond motifs is 1. The number of ether oxygens (including phenoxy) is 1. The van der Waals surface area contributed by atoms with Gasteiger partial charge in [0.1, 0.15) is 46.9 Å². The molecule has 2 aliphatic rings. The van der Waals surface area contributed by atoms with Gasteiger partial charge in [-0.2, -0.15) is 5.26 Å². The van der Waals surface area contributed by atoms with E-state index in [9.17, 15) is 14.4 Å². The molecule has 6 rings (SSSR count). The van der Waals surface area contributed by atoms with Crippen molar-refractivity contribution in [1.29, 1.82) is 5.26 Å². The minimum absolute atomic E-state index is 0.0325. The van der Waals surface area contributed by atoms with E-state index in [2.05, 4.69) is 28.0 Å². The lowest BCUT2D eigenvalue weighted by Gasteiger charge is -2.17. The number of carbonyl (C=O) groups excluding carboxylic acids is 1.